The number of piperidine rings is 1. The number of para-hydroxylation sites is 1. The van der Waals surface area contributed by atoms with Crippen molar-refractivity contribution in [1.82, 2.24) is 19.7 Å². The molecule has 2 aliphatic rings. The first-order valence-electron chi connectivity index (χ1n) is 13.1. The Balaban J connectivity index is 1.26. The monoisotopic (exact) mass is 577 g/mol. The van der Waals surface area contributed by atoms with Gasteiger partial charge in [-0.3, -0.25) is 9.78 Å². The van der Waals surface area contributed by atoms with E-state index in [0.29, 0.717) is 60.2 Å². The van der Waals surface area contributed by atoms with Crippen LogP contribution in [0.1, 0.15) is 34.5 Å². The number of carbonyl (C=O) groups is 1. The number of carbonyl (C=O) groups excluding carboxylic acids is 1. The van der Waals surface area contributed by atoms with Crippen LogP contribution < -0.4 is 10.2 Å². The summed E-state index contributed by atoms with van der Waals surface area (Å²) in [6.45, 7) is 0.668. The van der Waals surface area contributed by atoms with Gasteiger partial charge in [0.25, 0.3) is 5.91 Å². The molecule has 1 fully saturated rings. The number of aliphatic hydroxyl groups is 1. The zero-order chi connectivity index (χ0) is 29.6. The zero-order valence-electron chi connectivity index (χ0n) is 21.9. The molecule has 13 heteroatoms. The summed E-state index contributed by atoms with van der Waals surface area (Å²) in [5, 5.41) is 27.6. The van der Waals surface area contributed by atoms with Crippen molar-refractivity contribution in [3.05, 3.63) is 89.6 Å². The normalized spacial score (nSPS) is 17.1. The van der Waals surface area contributed by atoms with E-state index in [4.69, 9.17) is 0 Å². The number of nitrogens with one attached hydrogen (secondary N) is 1. The second-order valence-electron chi connectivity index (χ2n) is 9.99. The van der Waals surface area contributed by atoms with Gasteiger partial charge in [-0.1, -0.05) is 6.07 Å². The highest BCUT2D eigenvalue weighted by Gasteiger charge is 2.38. The molecule has 0 bridgehead atoms. The van der Waals surface area contributed by atoms with E-state index < -0.39 is 29.8 Å². The van der Waals surface area contributed by atoms with Gasteiger partial charge in [-0.25, -0.2) is 9.07 Å². The molecule has 4 aromatic rings. The lowest BCUT2D eigenvalue weighted by Crippen LogP contribution is -2.50. The molecule has 0 saturated carbocycles. The topological polar surface area (TPSA) is 110 Å². The molecule has 0 radical (unpaired) electrons. The number of hydrogen-bond donors (Lipinski definition) is 2. The number of likely N-dealkylation sites (tertiary alicyclic amines) is 1. The highest BCUT2D eigenvalue weighted by Crippen LogP contribution is 2.40. The van der Waals surface area contributed by atoms with E-state index in [-0.39, 0.29) is 17.4 Å². The van der Waals surface area contributed by atoms with Gasteiger partial charge in [0.05, 0.1) is 33.9 Å². The molecule has 2 aliphatic heterocycles. The van der Waals surface area contributed by atoms with Crippen molar-refractivity contribution in [3.63, 3.8) is 0 Å². The van der Waals surface area contributed by atoms with Crippen molar-refractivity contribution in [2.24, 2.45) is 0 Å². The van der Waals surface area contributed by atoms with Crippen molar-refractivity contribution < 1.29 is 27.5 Å². The van der Waals surface area contributed by atoms with Crippen LogP contribution in [0.4, 0.5) is 28.9 Å². The Morgan fingerprint density at radius 2 is 1.88 bits per heavy atom. The minimum Gasteiger partial charge on any atom is -0.356 e. The number of benzene rings is 2. The van der Waals surface area contributed by atoms with Gasteiger partial charge in [-0.15, -0.1) is 0 Å². The van der Waals surface area contributed by atoms with Crippen molar-refractivity contribution in [2.45, 2.75) is 31.4 Å². The van der Waals surface area contributed by atoms with Crippen LogP contribution in [0.3, 0.4) is 0 Å². The average molecular weight is 578 g/mol. The maximum absolute atomic E-state index is 14.5. The number of anilines is 2. The number of nitriles is 1. The summed E-state index contributed by atoms with van der Waals surface area (Å²) in [5.74, 6) is -1.86. The van der Waals surface area contributed by atoms with E-state index in [1.807, 2.05) is 0 Å². The molecular formula is C29H23F4N7O2. The van der Waals surface area contributed by atoms with Crippen LogP contribution >= 0.6 is 0 Å². The first kappa shape index (κ1) is 27.2. The van der Waals surface area contributed by atoms with E-state index in [2.05, 4.69) is 21.5 Å². The Morgan fingerprint density at radius 1 is 1.10 bits per heavy atom. The number of amides is 1. The van der Waals surface area contributed by atoms with Crippen molar-refractivity contribution >= 4 is 17.3 Å². The minimum absolute atomic E-state index is 0.0135. The van der Waals surface area contributed by atoms with Crippen LogP contribution in [-0.4, -0.2) is 56.2 Å². The fourth-order valence-electron chi connectivity index (χ4n) is 5.52. The summed E-state index contributed by atoms with van der Waals surface area (Å²) in [4.78, 5) is 21.0. The predicted molar refractivity (Wildman–Crippen MR) is 144 cm³/mol. The van der Waals surface area contributed by atoms with Crippen molar-refractivity contribution in [3.8, 4) is 23.0 Å². The lowest BCUT2D eigenvalue weighted by Gasteiger charge is -2.38. The molecule has 1 unspecified atom stereocenters. The minimum atomic E-state index is -4.86. The standard InChI is InChI=1S/C29H23F4N7O2/c30-22-13-20(6-7-21(22)29(31,32)33)40-25(18-4-2-10-35-16-18)14-24(37-40)27(41)38-11-8-19(9-12-38)39-26-17(15-34)3-1-5-23(26)36-28(39)42/h1-7,10,13-14,16,19,28,36,42H,8-9,11-12H2. The van der Waals surface area contributed by atoms with Gasteiger partial charge in [-0.05, 0) is 55.3 Å². The first-order valence-corrected chi connectivity index (χ1v) is 13.1. The Morgan fingerprint density at radius 3 is 2.55 bits per heavy atom. The number of aliphatic hydroxyl groups excluding tert-OH is 1. The van der Waals surface area contributed by atoms with Gasteiger partial charge in [0.15, 0.2) is 5.69 Å². The lowest BCUT2D eigenvalue weighted by atomic mass is 10.0. The Labute approximate surface area is 237 Å². The van der Waals surface area contributed by atoms with Crippen LogP contribution in [-0.2, 0) is 6.18 Å². The van der Waals surface area contributed by atoms with Crippen molar-refractivity contribution in [2.75, 3.05) is 23.3 Å². The van der Waals surface area contributed by atoms with Gasteiger partial charge in [0, 0.05) is 43.2 Å². The second kappa shape index (κ2) is 10.5. The SMILES string of the molecule is N#Cc1cccc2c1N(C1CCN(C(=O)c3cc(-c4cccnc4)n(-c4ccc(C(F)(F)F)c(F)c4)n3)CC1)C(O)N2. The van der Waals surface area contributed by atoms with Crippen molar-refractivity contribution in [1.29, 1.82) is 5.26 Å². The fraction of sp³-hybridized carbons (Fsp3) is 0.241. The highest BCUT2D eigenvalue weighted by atomic mass is 19.4. The molecule has 0 aliphatic carbocycles. The molecule has 2 aromatic heterocycles. The summed E-state index contributed by atoms with van der Waals surface area (Å²) in [6.07, 6.45) is -1.80. The Bertz CT molecular complexity index is 1690. The average Bonchev–Trinajstić information content (AvgIpc) is 3.58. The predicted octanol–water partition coefficient (Wildman–Crippen LogP) is 4.78. The largest absolute Gasteiger partial charge is 0.419 e. The second-order valence-corrected chi connectivity index (χ2v) is 9.99. The quantitative estimate of drug-likeness (QED) is 0.336. The van der Waals surface area contributed by atoms with E-state index in [0.717, 1.165) is 12.1 Å². The molecule has 2 N–H and O–H groups in total. The summed E-state index contributed by atoms with van der Waals surface area (Å²) in [5.41, 5.74) is 1.26. The summed E-state index contributed by atoms with van der Waals surface area (Å²) in [6, 6.07) is 14.6. The Kier molecular flexibility index (Phi) is 6.78. The fourth-order valence-corrected chi connectivity index (χ4v) is 5.52. The number of nitrogens with zero attached hydrogens (tertiary/aromatic N) is 6. The van der Waals surface area contributed by atoms with E-state index in [9.17, 15) is 32.7 Å². The molecule has 9 nitrogen and oxygen atoms in total. The van der Waals surface area contributed by atoms with Gasteiger partial charge >= 0.3 is 6.18 Å². The molecule has 0 spiro atoms. The van der Waals surface area contributed by atoms with E-state index >= 15 is 0 Å². The van der Waals surface area contributed by atoms with Gasteiger partial charge in [0.2, 0.25) is 6.35 Å². The van der Waals surface area contributed by atoms with Crippen LogP contribution in [0.25, 0.3) is 16.9 Å². The number of pyridine rings is 1. The molecule has 6 rings (SSSR count). The molecule has 2 aromatic carbocycles. The van der Waals surface area contributed by atoms with Gasteiger partial charge in [-0.2, -0.15) is 23.5 Å². The number of halogens is 4. The maximum atomic E-state index is 14.5. The highest BCUT2D eigenvalue weighted by molar-refractivity contribution is 5.94. The summed E-state index contributed by atoms with van der Waals surface area (Å²) in [7, 11) is 0. The number of aromatic nitrogens is 3. The van der Waals surface area contributed by atoms with Gasteiger partial charge < -0.3 is 20.2 Å². The third-order valence-electron chi connectivity index (χ3n) is 7.50. The third kappa shape index (κ3) is 4.79. The number of alkyl halides is 3. The molecule has 42 heavy (non-hydrogen) atoms. The lowest BCUT2D eigenvalue weighted by molar-refractivity contribution is -0.140. The molecule has 214 valence electrons. The van der Waals surface area contributed by atoms with E-state index in [1.54, 1.807) is 46.3 Å². The smallest absolute Gasteiger partial charge is 0.356 e. The van der Waals surface area contributed by atoms with Crippen LogP contribution in [0.2, 0.25) is 0 Å². The molecule has 1 saturated heterocycles. The first-order chi connectivity index (χ1) is 20.2. The molecule has 1 amide bonds. The van der Waals surface area contributed by atoms with Crippen LogP contribution in [0.5, 0.6) is 0 Å². The van der Waals surface area contributed by atoms with Crippen LogP contribution in [0, 0.1) is 17.1 Å². The van der Waals surface area contributed by atoms with Gasteiger partial charge in [0.1, 0.15) is 11.9 Å². The number of fused-ring (bicyclic) bond motifs is 1. The molecular weight excluding hydrogens is 554 g/mol. The third-order valence-corrected chi connectivity index (χ3v) is 7.50. The zero-order valence-corrected chi connectivity index (χ0v) is 21.9. The summed E-state index contributed by atoms with van der Waals surface area (Å²) >= 11 is 0. The van der Waals surface area contributed by atoms with E-state index in [1.165, 1.54) is 16.9 Å². The molecule has 1 atom stereocenters. The van der Waals surface area contributed by atoms with Crippen LogP contribution in [0.15, 0.2) is 67.0 Å². The Hall–Kier alpha value is -4.96. The maximum Gasteiger partial charge on any atom is 0.419 e. The molecule has 4 heterocycles. The number of rotatable bonds is 4. The number of hydrogen-bond acceptors (Lipinski definition) is 7. The summed E-state index contributed by atoms with van der Waals surface area (Å²) < 4.78 is 55.1.